The fourth-order valence-corrected chi connectivity index (χ4v) is 0.968. The second kappa shape index (κ2) is 4.41. The van der Waals surface area contributed by atoms with E-state index in [1.54, 1.807) is 19.1 Å². The number of amides is 1. The van der Waals surface area contributed by atoms with Gasteiger partial charge in [-0.15, -0.1) is 0 Å². The maximum Gasteiger partial charge on any atom is 0.335 e. The highest BCUT2D eigenvalue weighted by Crippen LogP contribution is 2.11. The van der Waals surface area contributed by atoms with Gasteiger partial charge in [0, 0.05) is 11.3 Å². The molecule has 0 unspecified atom stereocenters. The topological polar surface area (TPSA) is 66.4 Å². The molecule has 1 aromatic carbocycles. The lowest BCUT2D eigenvalue weighted by Gasteiger charge is -2.04. The van der Waals surface area contributed by atoms with Gasteiger partial charge in [0.05, 0.1) is 5.56 Å². The molecular formula is C11H11NO3. The van der Waals surface area contributed by atoms with Crippen molar-refractivity contribution < 1.29 is 14.7 Å². The van der Waals surface area contributed by atoms with Gasteiger partial charge >= 0.3 is 5.97 Å². The quantitative estimate of drug-likeness (QED) is 0.740. The molecule has 2 N–H and O–H groups in total. The molecule has 15 heavy (non-hydrogen) atoms. The average molecular weight is 205 g/mol. The standard InChI is InChI=1S/C11H11NO3/c1-7(2)10(13)12-9-5-3-4-8(6-9)11(14)15/h3-6H,1H2,2H3,(H,12,13)(H,14,15). The third-order valence-corrected chi connectivity index (χ3v) is 1.76. The zero-order valence-electron chi connectivity index (χ0n) is 8.28. The average Bonchev–Trinajstić information content (AvgIpc) is 2.18. The zero-order valence-corrected chi connectivity index (χ0v) is 8.28. The molecule has 0 spiro atoms. The van der Waals surface area contributed by atoms with Gasteiger partial charge in [-0.25, -0.2) is 4.79 Å². The maximum absolute atomic E-state index is 11.2. The van der Waals surface area contributed by atoms with Gasteiger partial charge in [0.2, 0.25) is 0 Å². The Labute approximate surface area is 87.2 Å². The number of nitrogens with one attached hydrogen (secondary N) is 1. The summed E-state index contributed by atoms with van der Waals surface area (Å²) in [7, 11) is 0. The van der Waals surface area contributed by atoms with Crippen LogP contribution in [0.3, 0.4) is 0 Å². The first-order chi connectivity index (χ1) is 7.00. The highest BCUT2D eigenvalue weighted by molar-refractivity contribution is 6.03. The molecule has 0 aliphatic carbocycles. The number of anilines is 1. The van der Waals surface area contributed by atoms with Crippen LogP contribution in [0.15, 0.2) is 36.4 Å². The fourth-order valence-electron chi connectivity index (χ4n) is 0.968. The van der Waals surface area contributed by atoms with Crippen LogP contribution in [-0.2, 0) is 4.79 Å². The van der Waals surface area contributed by atoms with Crippen LogP contribution in [0, 0.1) is 0 Å². The number of aromatic carboxylic acids is 1. The fraction of sp³-hybridized carbons (Fsp3) is 0.0909. The van der Waals surface area contributed by atoms with E-state index in [1.807, 2.05) is 0 Å². The number of carbonyl (C=O) groups is 2. The Morgan fingerprint density at radius 3 is 2.60 bits per heavy atom. The molecule has 1 amide bonds. The van der Waals surface area contributed by atoms with Gasteiger partial charge in [-0.05, 0) is 25.1 Å². The lowest BCUT2D eigenvalue weighted by Crippen LogP contribution is -2.12. The van der Waals surface area contributed by atoms with Crippen molar-refractivity contribution >= 4 is 17.6 Å². The molecule has 0 aliphatic rings. The van der Waals surface area contributed by atoms with Crippen LogP contribution in [-0.4, -0.2) is 17.0 Å². The first-order valence-corrected chi connectivity index (χ1v) is 4.31. The molecular weight excluding hydrogens is 194 g/mol. The normalized spacial score (nSPS) is 9.40. The van der Waals surface area contributed by atoms with Crippen LogP contribution < -0.4 is 5.32 Å². The van der Waals surface area contributed by atoms with Crippen molar-refractivity contribution in [3.05, 3.63) is 42.0 Å². The first-order valence-electron chi connectivity index (χ1n) is 4.31. The van der Waals surface area contributed by atoms with E-state index in [0.717, 1.165) is 0 Å². The van der Waals surface area contributed by atoms with E-state index < -0.39 is 5.97 Å². The minimum Gasteiger partial charge on any atom is -0.478 e. The van der Waals surface area contributed by atoms with Gasteiger partial charge in [0.25, 0.3) is 5.91 Å². The molecule has 4 heteroatoms. The van der Waals surface area contributed by atoms with Crippen molar-refractivity contribution in [3.8, 4) is 0 Å². The number of rotatable bonds is 3. The Balaban J connectivity index is 2.87. The van der Waals surface area contributed by atoms with E-state index in [0.29, 0.717) is 11.3 Å². The Bertz CT molecular complexity index is 424. The summed E-state index contributed by atoms with van der Waals surface area (Å²) >= 11 is 0. The second-order valence-corrected chi connectivity index (χ2v) is 3.12. The first kappa shape index (κ1) is 11.0. The van der Waals surface area contributed by atoms with E-state index in [-0.39, 0.29) is 11.5 Å². The maximum atomic E-state index is 11.2. The molecule has 0 saturated carbocycles. The number of carboxylic acids is 1. The molecule has 0 bridgehead atoms. The zero-order chi connectivity index (χ0) is 11.4. The summed E-state index contributed by atoms with van der Waals surface area (Å²) in [5.41, 5.74) is 0.952. The van der Waals surface area contributed by atoms with Crippen LogP contribution in [0.25, 0.3) is 0 Å². The van der Waals surface area contributed by atoms with Crippen molar-refractivity contribution in [2.24, 2.45) is 0 Å². The highest BCUT2D eigenvalue weighted by Gasteiger charge is 2.05. The van der Waals surface area contributed by atoms with E-state index in [4.69, 9.17) is 5.11 Å². The van der Waals surface area contributed by atoms with Crippen LogP contribution in [0.1, 0.15) is 17.3 Å². The van der Waals surface area contributed by atoms with Gasteiger partial charge in [-0.2, -0.15) is 0 Å². The van der Waals surface area contributed by atoms with Gasteiger partial charge in [-0.3, -0.25) is 4.79 Å². The minimum atomic E-state index is -1.03. The van der Waals surface area contributed by atoms with E-state index >= 15 is 0 Å². The van der Waals surface area contributed by atoms with E-state index in [2.05, 4.69) is 11.9 Å². The van der Waals surface area contributed by atoms with E-state index in [1.165, 1.54) is 12.1 Å². The lowest BCUT2D eigenvalue weighted by atomic mass is 10.2. The van der Waals surface area contributed by atoms with Gasteiger partial charge in [-0.1, -0.05) is 12.6 Å². The molecule has 0 aromatic heterocycles. The summed E-state index contributed by atoms with van der Waals surface area (Å²) in [6, 6.07) is 6.03. The third-order valence-electron chi connectivity index (χ3n) is 1.76. The lowest BCUT2D eigenvalue weighted by molar-refractivity contribution is -0.112. The Morgan fingerprint density at radius 2 is 2.07 bits per heavy atom. The third kappa shape index (κ3) is 2.95. The van der Waals surface area contributed by atoms with Crippen molar-refractivity contribution in [1.82, 2.24) is 0 Å². The van der Waals surface area contributed by atoms with Crippen LogP contribution >= 0.6 is 0 Å². The molecule has 0 atom stereocenters. The molecule has 1 aromatic rings. The van der Waals surface area contributed by atoms with Crippen molar-refractivity contribution in [2.45, 2.75) is 6.92 Å². The highest BCUT2D eigenvalue weighted by atomic mass is 16.4. The molecule has 0 aliphatic heterocycles. The molecule has 4 nitrogen and oxygen atoms in total. The summed E-state index contributed by atoms with van der Waals surface area (Å²) in [6.45, 7) is 5.06. The summed E-state index contributed by atoms with van der Waals surface area (Å²) in [5.74, 6) is -1.35. The number of benzene rings is 1. The molecule has 0 fully saturated rings. The number of carboxylic acid groups (broad SMARTS) is 1. The number of hydrogen-bond donors (Lipinski definition) is 2. The van der Waals surface area contributed by atoms with Gasteiger partial charge in [0.15, 0.2) is 0 Å². The minimum absolute atomic E-state index is 0.134. The summed E-state index contributed by atoms with van der Waals surface area (Å²) in [6.07, 6.45) is 0. The summed E-state index contributed by atoms with van der Waals surface area (Å²) < 4.78 is 0. The summed E-state index contributed by atoms with van der Waals surface area (Å²) in [4.78, 5) is 21.9. The monoisotopic (exact) mass is 205 g/mol. The van der Waals surface area contributed by atoms with Crippen LogP contribution in [0.5, 0.6) is 0 Å². The van der Waals surface area contributed by atoms with Gasteiger partial charge in [0.1, 0.15) is 0 Å². The predicted molar refractivity (Wildman–Crippen MR) is 56.8 cm³/mol. The Morgan fingerprint density at radius 1 is 1.40 bits per heavy atom. The molecule has 0 heterocycles. The Kier molecular flexibility index (Phi) is 3.23. The molecule has 1 rings (SSSR count). The Hall–Kier alpha value is -2.10. The SMILES string of the molecule is C=C(C)C(=O)Nc1cccc(C(=O)O)c1. The largest absolute Gasteiger partial charge is 0.478 e. The molecule has 0 radical (unpaired) electrons. The van der Waals surface area contributed by atoms with Crippen molar-refractivity contribution in [2.75, 3.05) is 5.32 Å². The molecule has 0 saturated heterocycles. The van der Waals surface area contributed by atoms with Crippen molar-refractivity contribution in [1.29, 1.82) is 0 Å². The second-order valence-electron chi connectivity index (χ2n) is 3.12. The van der Waals surface area contributed by atoms with E-state index in [9.17, 15) is 9.59 Å². The van der Waals surface area contributed by atoms with Crippen LogP contribution in [0.2, 0.25) is 0 Å². The smallest absolute Gasteiger partial charge is 0.335 e. The predicted octanol–water partition coefficient (Wildman–Crippen LogP) is 1.90. The van der Waals surface area contributed by atoms with Crippen molar-refractivity contribution in [3.63, 3.8) is 0 Å². The van der Waals surface area contributed by atoms with Crippen LogP contribution in [0.4, 0.5) is 5.69 Å². The van der Waals surface area contributed by atoms with Gasteiger partial charge < -0.3 is 10.4 Å². The number of hydrogen-bond acceptors (Lipinski definition) is 2. The number of carbonyl (C=O) groups excluding carboxylic acids is 1. The summed E-state index contributed by atoms with van der Waals surface area (Å²) in [5, 5.41) is 11.3. The molecule has 78 valence electrons.